The molecule has 1 fully saturated rings. The number of hydrogen-bond donors (Lipinski definition) is 2. The average Bonchev–Trinajstić information content (AvgIpc) is 2.57. The minimum Gasteiger partial charge on any atom is -0.391 e. The summed E-state index contributed by atoms with van der Waals surface area (Å²) >= 11 is 0. The van der Waals surface area contributed by atoms with Crippen LogP contribution in [0.3, 0.4) is 0 Å². The molecule has 2 rings (SSSR count). The molecule has 2 unspecified atom stereocenters. The number of aryl methyl sites for hydroxylation is 2. The van der Waals surface area contributed by atoms with Crippen molar-refractivity contribution in [2.24, 2.45) is 7.05 Å². The molecule has 2 N–H and O–H groups in total. The number of anilines is 1. The van der Waals surface area contributed by atoms with E-state index in [1.165, 1.54) is 4.68 Å². The lowest BCUT2D eigenvalue weighted by Crippen LogP contribution is -2.37. The third-order valence-corrected chi connectivity index (χ3v) is 3.42. The Hall–Kier alpha value is -1.63. The second-order valence-corrected chi connectivity index (χ2v) is 4.77. The van der Waals surface area contributed by atoms with Gasteiger partial charge in [-0.15, -0.1) is 0 Å². The molecule has 0 bridgehead atoms. The number of nitrogens with zero attached hydrogens (tertiary/aromatic N) is 3. The summed E-state index contributed by atoms with van der Waals surface area (Å²) in [5.74, 6) is 0.378. The van der Waals surface area contributed by atoms with Gasteiger partial charge in [0.2, 0.25) is 5.82 Å². The van der Waals surface area contributed by atoms with Gasteiger partial charge in [-0.1, -0.05) is 12.8 Å². The number of hydrogen-bond acceptors (Lipinski definition) is 5. The molecule has 0 amide bonds. The van der Waals surface area contributed by atoms with E-state index in [1.54, 1.807) is 14.0 Å². The van der Waals surface area contributed by atoms with Gasteiger partial charge in [0.25, 0.3) is 0 Å². The summed E-state index contributed by atoms with van der Waals surface area (Å²) in [6.45, 7) is 1.61. The second-order valence-electron chi connectivity index (χ2n) is 4.77. The molecule has 1 aromatic rings. The fourth-order valence-corrected chi connectivity index (χ4v) is 2.48. The summed E-state index contributed by atoms with van der Waals surface area (Å²) < 4.78 is 1.47. The monoisotopic (exact) mass is 254 g/mol. The van der Waals surface area contributed by atoms with Crippen LogP contribution < -0.4 is 5.32 Å². The topological polar surface area (TPSA) is 93.2 Å². The van der Waals surface area contributed by atoms with E-state index in [9.17, 15) is 15.2 Å². The SMILES string of the molecule is Cc1nn(C)c(NC2CCCCC2O)c1[N+](=O)[O-]. The van der Waals surface area contributed by atoms with Crippen molar-refractivity contribution in [1.82, 2.24) is 9.78 Å². The predicted octanol–water partition coefficient (Wildman–Crippen LogP) is 1.35. The van der Waals surface area contributed by atoms with E-state index >= 15 is 0 Å². The van der Waals surface area contributed by atoms with Crippen LogP contribution in [0.1, 0.15) is 31.4 Å². The van der Waals surface area contributed by atoms with Gasteiger partial charge in [0.1, 0.15) is 5.69 Å². The molecule has 2 atom stereocenters. The van der Waals surface area contributed by atoms with E-state index < -0.39 is 11.0 Å². The fraction of sp³-hybridized carbons (Fsp3) is 0.727. The Morgan fingerprint density at radius 2 is 2.17 bits per heavy atom. The minimum atomic E-state index is -0.450. The van der Waals surface area contributed by atoms with Gasteiger partial charge in [0.15, 0.2) is 0 Å². The van der Waals surface area contributed by atoms with E-state index in [-0.39, 0.29) is 11.7 Å². The molecule has 7 nitrogen and oxygen atoms in total. The van der Waals surface area contributed by atoms with Gasteiger partial charge in [-0.2, -0.15) is 5.10 Å². The summed E-state index contributed by atoms with van der Waals surface area (Å²) in [5, 5.41) is 28.1. The number of rotatable bonds is 3. The standard InChI is InChI=1S/C11H18N4O3/c1-7-10(15(17)18)11(14(2)13-7)12-8-5-3-4-6-9(8)16/h8-9,12,16H,3-6H2,1-2H3. The summed E-state index contributed by atoms with van der Waals surface area (Å²) in [5.41, 5.74) is 0.380. The first-order valence-electron chi connectivity index (χ1n) is 6.13. The molecule has 18 heavy (non-hydrogen) atoms. The smallest absolute Gasteiger partial charge is 0.333 e. The van der Waals surface area contributed by atoms with Crippen molar-refractivity contribution in [2.45, 2.75) is 44.8 Å². The lowest BCUT2D eigenvalue weighted by atomic mass is 9.92. The second kappa shape index (κ2) is 4.93. The van der Waals surface area contributed by atoms with E-state index in [0.29, 0.717) is 11.5 Å². The zero-order chi connectivity index (χ0) is 13.3. The highest BCUT2D eigenvalue weighted by molar-refractivity contribution is 5.60. The highest BCUT2D eigenvalue weighted by Crippen LogP contribution is 2.30. The van der Waals surface area contributed by atoms with Crippen LogP contribution in [0.4, 0.5) is 11.5 Å². The molecule has 1 saturated carbocycles. The summed E-state index contributed by atoms with van der Waals surface area (Å²) in [6, 6.07) is -0.132. The van der Waals surface area contributed by atoms with Crippen LogP contribution in [-0.4, -0.2) is 32.0 Å². The van der Waals surface area contributed by atoms with Gasteiger partial charge in [-0.05, 0) is 19.8 Å². The van der Waals surface area contributed by atoms with Crippen molar-refractivity contribution in [3.63, 3.8) is 0 Å². The van der Waals surface area contributed by atoms with Crippen LogP contribution >= 0.6 is 0 Å². The third-order valence-electron chi connectivity index (χ3n) is 3.42. The van der Waals surface area contributed by atoms with Crippen molar-refractivity contribution < 1.29 is 10.0 Å². The maximum Gasteiger partial charge on any atom is 0.333 e. The third kappa shape index (κ3) is 2.31. The van der Waals surface area contributed by atoms with Crippen molar-refractivity contribution in [3.05, 3.63) is 15.8 Å². The first-order chi connectivity index (χ1) is 8.50. The van der Waals surface area contributed by atoms with Gasteiger partial charge in [0.05, 0.1) is 17.1 Å². The molecule has 1 aromatic heterocycles. The molecule has 1 heterocycles. The van der Waals surface area contributed by atoms with E-state index in [2.05, 4.69) is 10.4 Å². The van der Waals surface area contributed by atoms with Crippen LogP contribution in [0.5, 0.6) is 0 Å². The van der Waals surface area contributed by atoms with Crippen LogP contribution in [0.25, 0.3) is 0 Å². The zero-order valence-corrected chi connectivity index (χ0v) is 10.6. The maximum absolute atomic E-state index is 11.0. The first-order valence-corrected chi connectivity index (χ1v) is 6.13. The zero-order valence-electron chi connectivity index (χ0n) is 10.6. The van der Waals surface area contributed by atoms with Crippen LogP contribution in [0.2, 0.25) is 0 Å². The molecule has 0 aliphatic heterocycles. The molecule has 0 spiro atoms. The molecular weight excluding hydrogens is 236 g/mol. The van der Waals surface area contributed by atoms with E-state index in [4.69, 9.17) is 0 Å². The van der Waals surface area contributed by atoms with Crippen molar-refractivity contribution in [1.29, 1.82) is 0 Å². The highest BCUT2D eigenvalue weighted by Gasteiger charge is 2.29. The first kappa shape index (κ1) is 12.8. The molecule has 100 valence electrons. The Kier molecular flexibility index (Phi) is 3.51. The lowest BCUT2D eigenvalue weighted by Gasteiger charge is -2.28. The van der Waals surface area contributed by atoms with Crippen LogP contribution in [0, 0.1) is 17.0 Å². The molecule has 0 aromatic carbocycles. The lowest BCUT2D eigenvalue weighted by molar-refractivity contribution is -0.384. The quantitative estimate of drug-likeness (QED) is 0.627. The molecule has 0 saturated heterocycles. The predicted molar refractivity (Wildman–Crippen MR) is 66.5 cm³/mol. The molecular formula is C11H18N4O3. The van der Waals surface area contributed by atoms with E-state index in [1.807, 2.05) is 0 Å². The van der Waals surface area contributed by atoms with Gasteiger partial charge in [0, 0.05) is 7.05 Å². The molecule has 1 aliphatic rings. The Morgan fingerprint density at radius 1 is 1.50 bits per heavy atom. The number of nitro groups is 1. The maximum atomic E-state index is 11.0. The summed E-state index contributed by atoms with van der Waals surface area (Å²) in [4.78, 5) is 10.6. The van der Waals surface area contributed by atoms with Crippen molar-refractivity contribution in [3.8, 4) is 0 Å². The van der Waals surface area contributed by atoms with E-state index in [0.717, 1.165) is 25.7 Å². The van der Waals surface area contributed by atoms with Gasteiger partial charge in [-0.3, -0.25) is 10.1 Å². The van der Waals surface area contributed by atoms with Gasteiger partial charge in [-0.25, -0.2) is 4.68 Å². The number of aliphatic hydroxyl groups excluding tert-OH is 1. The number of aromatic nitrogens is 2. The summed E-state index contributed by atoms with van der Waals surface area (Å²) in [7, 11) is 1.66. The van der Waals surface area contributed by atoms with Crippen LogP contribution in [-0.2, 0) is 7.05 Å². The Labute approximate surface area is 105 Å². The number of aliphatic hydroxyl groups is 1. The van der Waals surface area contributed by atoms with Gasteiger partial charge < -0.3 is 10.4 Å². The molecule has 7 heteroatoms. The van der Waals surface area contributed by atoms with Crippen molar-refractivity contribution in [2.75, 3.05) is 5.32 Å². The Balaban J connectivity index is 2.25. The van der Waals surface area contributed by atoms with Gasteiger partial charge >= 0.3 is 5.69 Å². The average molecular weight is 254 g/mol. The Morgan fingerprint density at radius 3 is 2.78 bits per heavy atom. The molecule has 1 aliphatic carbocycles. The molecule has 0 radical (unpaired) electrons. The van der Waals surface area contributed by atoms with Crippen LogP contribution in [0.15, 0.2) is 0 Å². The largest absolute Gasteiger partial charge is 0.391 e. The van der Waals surface area contributed by atoms with Crippen molar-refractivity contribution >= 4 is 11.5 Å². The summed E-state index contributed by atoms with van der Waals surface area (Å²) in [6.07, 6.45) is 3.14. The normalized spacial score (nSPS) is 23.9. The number of nitrogens with one attached hydrogen (secondary N) is 1. The highest BCUT2D eigenvalue weighted by atomic mass is 16.6. The minimum absolute atomic E-state index is 0.00438. The Bertz CT molecular complexity index is 457. The fourth-order valence-electron chi connectivity index (χ4n) is 2.48.